The van der Waals surface area contributed by atoms with Gasteiger partial charge in [0.2, 0.25) is 5.96 Å². The predicted octanol–water partition coefficient (Wildman–Crippen LogP) is 4.72. The van der Waals surface area contributed by atoms with Crippen LogP contribution >= 0.6 is 23.2 Å². The normalized spacial score (nSPS) is 18.7. The van der Waals surface area contributed by atoms with Gasteiger partial charge in [-0.25, -0.2) is 5.01 Å². The Kier molecular flexibility index (Phi) is 9.31. The highest BCUT2D eigenvalue weighted by Crippen LogP contribution is 2.31. The van der Waals surface area contributed by atoms with Crippen LogP contribution < -0.4 is 0 Å². The fourth-order valence-electron chi connectivity index (χ4n) is 5.00. The van der Waals surface area contributed by atoms with Crippen LogP contribution in [0.1, 0.15) is 17.0 Å². The van der Waals surface area contributed by atoms with Crippen molar-refractivity contribution in [2.45, 2.75) is 10.8 Å². The molecule has 1 fully saturated rings. The number of guanidine groups is 1. The first-order valence-corrected chi connectivity index (χ1v) is 15.8. The van der Waals surface area contributed by atoms with Crippen molar-refractivity contribution < 1.29 is 8.42 Å². The number of rotatable bonds is 7. The molecule has 8 nitrogen and oxygen atoms in total. The van der Waals surface area contributed by atoms with Gasteiger partial charge in [0.25, 0.3) is 10.0 Å². The summed E-state index contributed by atoms with van der Waals surface area (Å²) in [5.41, 5.74) is 2.87. The third-order valence-electron chi connectivity index (χ3n) is 7.32. The molecule has 5 rings (SSSR count). The molecule has 216 valence electrons. The van der Waals surface area contributed by atoms with E-state index < -0.39 is 10.0 Å². The van der Waals surface area contributed by atoms with Crippen LogP contribution in [0.15, 0.2) is 93.3 Å². The molecule has 0 aliphatic carbocycles. The van der Waals surface area contributed by atoms with E-state index in [-0.39, 0.29) is 10.8 Å². The minimum atomic E-state index is -4.03. The van der Waals surface area contributed by atoms with Crippen LogP contribution in [-0.2, 0) is 10.0 Å². The molecule has 0 saturated carbocycles. The van der Waals surface area contributed by atoms with E-state index in [0.29, 0.717) is 35.6 Å². The lowest BCUT2D eigenvalue weighted by atomic mass is 9.91. The van der Waals surface area contributed by atoms with Gasteiger partial charge in [0.1, 0.15) is 0 Å². The monoisotopic (exact) mass is 612 g/mol. The molecule has 0 aromatic heterocycles. The van der Waals surface area contributed by atoms with Crippen LogP contribution in [0.5, 0.6) is 0 Å². The van der Waals surface area contributed by atoms with Gasteiger partial charge < -0.3 is 9.80 Å². The van der Waals surface area contributed by atoms with Crippen molar-refractivity contribution in [3.63, 3.8) is 0 Å². The molecule has 1 unspecified atom stereocenters. The molecule has 0 N–H and O–H groups in total. The first-order chi connectivity index (χ1) is 19.7. The van der Waals surface area contributed by atoms with Gasteiger partial charge in [-0.05, 0) is 61.6 Å². The van der Waals surface area contributed by atoms with E-state index in [4.69, 9.17) is 28.3 Å². The van der Waals surface area contributed by atoms with Gasteiger partial charge in [-0.2, -0.15) is 13.5 Å². The number of hydrogen-bond acceptors (Lipinski definition) is 5. The van der Waals surface area contributed by atoms with Crippen LogP contribution in [0.3, 0.4) is 0 Å². The molecule has 2 aliphatic rings. The van der Waals surface area contributed by atoms with Crippen LogP contribution in [0.2, 0.25) is 10.0 Å². The van der Waals surface area contributed by atoms with E-state index in [9.17, 15) is 8.42 Å². The van der Waals surface area contributed by atoms with Gasteiger partial charge in [0.05, 0.1) is 17.2 Å². The van der Waals surface area contributed by atoms with Gasteiger partial charge in [-0.3, -0.25) is 4.90 Å². The second-order valence-corrected chi connectivity index (χ2v) is 13.0. The molecular formula is C30H34Cl2N6O2S. The maximum absolute atomic E-state index is 13.6. The zero-order valence-electron chi connectivity index (χ0n) is 23.2. The molecule has 0 amide bonds. The number of piperazine rings is 1. The highest BCUT2D eigenvalue weighted by atomic mass is 35.5. The van der Waals surface area contributed by atoms with Crippen molar-refractivity contribution in [3.8, 4) is 0 Å². The van der Waals surface area contributed by atoms with E-state index in [2.05, 4.69) is 40.4 Å². The summed E-state index contributed by atoms with van der Waals surface area (Å²) in [4.78, 5) is 6.68. The topological polar surface area (TPSA) is 71.8 Å². The summed E-state index contributed by atoms with van der Waals surface area (Å²) in [7, 11) is 0.101. The van der Waals surface area contributed by atoms with Crippen LogP contribution in [-0.4, -0.2) is 99.7 Å². The molecule has 3 aromatic carbocycles. The minimum absolute atomic E-state index is 0.0813. The number of hydrazone groups is 1. The second-order valence-electron chi connectivity index (χ2n) is 10.5. The summed E-state index contributed by atoms with van der Waals surface area (Å²) in [6.45, 7) is 5.26. The van der Waals surface area contributed by atoms with E-state index in [1.807, 2.05) is 47.4 Å². The lowest BCUT2D eigenvalue weighted by molar-refractivity contribution is 0.159. The summed E-state index contributed by atoms with van der Waals surface area (Å²) in [5.74, 6) is 0.249. The number of likely N-dealkylation sites (N-methyl/N-ethyl adjacent to an activating group) is 1. The van der Waals surface area contributed by atoms with Crippen LogP contribution in [0.4, 0.5) is 0 Å². The standard InChI is InChI=1S/C30H34Cl2N6O2S/c1-35(2)16-17-36-18-20-37(21-19-36)30(34-41(39,40)27-14-12-26(32)13-15-27)38-22-28(23-6-4-3-5-7-23)29(33-38)24-8-10-25(31)11-9-24/h3-15,28H,16-22H2,1-2H3. The molecular weight excluding hydrogens is 579 g/mol. The van der Waals surface area contributed by atoms with Gasteiger partial charge in [-0.15, -0.1) is 4.40 Å². The highest BCUT2D eigenvalue weighted by molar-refractivity contribution is 7.90. The zero-order valence-corrected chi connectivity index (χ0v) is 25.5. The largest absolute Gasteiger partial charge is 0.338 e. The number of sulfonamides is 1. The second kappa shape index (κ2) is 12.9. The quantitative estimate of drug-likeness (QED) is 0.284. The highest BCUT2D eigenvalue weighted by Gasteiger charge is 2.35. The maximum atomic E-state index is 13.6. The Morgan fingerprint density at radius 3 is 2.12 bits per heavy atom. The van der Waals surface area contributed by atoms with E-state index >= 15 is 0 Å². The molecule has 0 spiro atoms. The molecule has 0 radical (unpaired) electrons. The lowest BCUT2D eigenvalue weighted by Gasteiger charge is -2.38. The van der Waals surface area contributed by atoms with Crippen LogP contribution in [0.25, 0.3) is 0 Å². The van der Waals surface area contributed by atoms with Crippen molar-refractivity contribution in [2.75, 3.05) is 59.9 Å². The van der Waals surface area contributed by atoms with Gasteiger partial charge in [-0.1, -0.05) is 65.7 Å². The molecule has 1 saturated heterocycles. The Balaban J connectivity index is 1.52. The average molecular weight is 614 g/mol. The Bertz CT molecular complexity index is 1490. The molecule has 2 heterocycles. The smallest absolute Gasteiger partial charge is 0.285 e. The Morgan fingerprint density at radius 1 is 0.902 bits per heavy atom. The molecule has 41 heavy (non-hydrogen) atoms. The Hall–Kier alpha value is -2.95. The first kappa shape index (κ1) is 29.5. The van der Waals surface area contributed by atoms with Crippen molar-refractivity contribution in [1.82, 2.24) is 19.7 Å². The summed E-state index contributed by atoms with van der Waals surface area (Å²) in [5, 5.41) is 7.88. The lowest BCUT2D eigenvalue weighted by Crippen LogP contribution is -2.53. The molecule has 11 heteroatoms. The van der Waals surface area contributed by atoms with Gasteiger partial charge in [0, 0.05) is 55.2 Å². The Morgan fingerprint density at radius 2 is 1.51 bits per heavy atom. The van der Waals surface area contributed by atoms with Crippen molar-refractivity contribution >= 4 is 44.9 Å². The fraction of sp³-hybridized carbons (Fsp3) is 0.333. The fourth-order valence-corrected chi connectivity index (χ4v) is 6.26. The first-order valence-electron chi connectivity index (χ1n) is 13.6. The van der Waals surface area contributed by atoms with Crippen LogP contribution in [0, 0.1) is 0 Å². The van der Waals surface area contributed by atoms with E-state index in [1.165, 1.54) is 12.1 Å². The van der Waals surface area contributed by atoms with Gasteiger partial charge in [0.15, 0.2) is 0 Å². The van der Waals surface area contributed by atoms with Crippen molar-refractivity contribution in [1.29, 1.82) is 0 Å². The molecule has 2 aliphatic heterocycles. The molecule has 1 atom stereocenters. The number of nitrogens with zero attached hydrogens (tertiary/aromatic N) is 6. The molecule has 0 bridgehead atoms. The van der Waals surface area contributed by atoms with Gasteiger partial charge >= 0.3 is 0 Å². The summed E-state index contributed by atoms with van der Waals surface area (Å²) in [6.07, 6.45) is 0. The van der Waals surface area contributed by atoms with E-state index in [0.717, 1.165) is 43.0 Å². The average Bonchev–Trinajstić information content (AvgIpc) is 3.41. The summed E-state index contributed by atoms with van der Waals surface area (Å²) in [6, 6.07) is 23.8. The summed E-state index contributed by atoms with van der Waals surface area (Å²) >= 11 is 12.2. The Labute approximate surface area is 252 Å². The predicted molar refractivity (Wildman–Crippen MR) is 167 cm³/mol. The number of halogens is 2. The number of hydrogen-bond donors (Lipinski definition) is 0. The SMILES string of the molecule is CN(C)CCN1CCN(C(=NS(=O)(=O)c2ccc(Cl)cc2)N2CC(c3ccccc3)C(c3ccc(Cl)cc3)=N2)CC1. The maximum Gasteiger partial charge on any atom is 0.285 e. The third kappa shape index (κ3) is 7.28. The summed E-state index contributed by atoms with van der Waals surface area (Å²) < 4.78 is 31.6. The van der Waals surface area contributed by atoms with E-state index in [1.54, 1.807) is 17.1 Å². The van der Waals surface area contributed by atoms with Crippen molar-refractivity contribution in [3.05, 3.63) is 100 Å². The third-order valence-corrected chi connectivity index (χ3v) is 9.09. The minimum Gasteiger partial charge on any atom is -0.338 e. The molecule has 3 aromatic rings. The number of benzene rings is 3. The zero-order chi connectivity index (χ0) is 29.0. The van der Waals surface area contributed by atoms with Crippen molar-refractivity contribution in [2.24, 2.45) is 9.50 Å².